The van der Waals surface area contributed by atoms with Crippen LogP contribution in [0.15, 0.2) is 36.4 Å². The molecule has 0 bridgehead atoms. The fraction of sp³-hybridized carbons (Fsp3) is 0.429. The molecule has 12 heteroatoms. The summed E-state index contributed by atoms with van der Waals surface area (Å²) >= 11 is 0. The van der Waals surface area contributed by atoms with Crippen molar-refractivity contribution in [3.8, 4) is 23.1 Å². The van der Waals surface area contributed by atoms with E-state index in [1.54, 1.807) is 39.0 Å². The third-order valence-corrected chi connectivity index (χ3v) is 5.48. The number of nitrogens with zero attached hydrogens (tertiary/aromatic N) is 2. The van der Waals surface area contributed by atoms with E-state index in [1.165, 1.54) is 32.4 Å². The number of urea groups is 1. The first-order valence-corrected chi connectivity index (χ1v) is 11.6. The van der Waals surface area contributed by atoms with Crippen molar-refractivity contribution in [3.05, 3.63) is 36.4 Å². The van der Waals surface area contributed by atoms with Crippen LogP contribution < -0.4 is 23.7 Å². The summed E-state index contributed by atoms with van der Waals surface area (Å²) in [4.78, 5) is 17.3. The number of carbonyl (C=O) groups excluding carboxylic acids is 1. The molecule has 0 saturated carbocycles. The lowest BCUT2D eigenvalue weighted by atomic mass is 10.3. The zero-order valence-electron chi connectivity index (χ0n) is 19.2. The van der Waals surface area contributed by atoms with E-state index in [2.05, 4.69) is 10.3 Å². The molecule has 0 radical (unpaired) electrons. The Hall–Kier alpha value is -3.25. The predicted molar refractivity (Wildman–Crippen MR) is 121 cm³/mol. The van der Waals surface area contributed by atoms with E-state index in [0.717, 1.165) is 0 Å². The van der Waals surface area contributed by atoms with Crippen molar-refractivity contribution in [2.24, 2.45) is 0 Å². The largest absolute Gasteiger partial charge is 0.496 e. The summed E-state index contributed by atoms with van der Waals surface area (Å²) in [5.41, 5.74) is 0. The lowest BCUT2D eigenvalue weighted by Gasteiger charge is -2.29. The van der Waals surface area contributed by atoms with Gasteiger partial charge in [-0.3, -0.25) is 5.32 Å². The number of anilines is 1. The number of hydrogen-bond donors (Lipinski definition) is 1. The third-order valence-electron chi connectivity index (χ3n) is 4.21. The third kappa shape index (κ3) is 6.86. The minimum atomic E-state index is -4.67. The van der Waals surface area contributed by atoms with E-state index in [1.807, 2.05) is 0 Å². The normalized spacial score (nSPS) is 11.9. The molecule has 2 aromatic rings. The summed E-state index contributed by atoms with van der Waals surface area (Å²) in [7, 11) is -1.84. The van der Waals surface area contributed by atoms with Gasteiger partial charge >= 0.3 is 16.3 Å². The molecule has 1 aromatic heterocycles. The van der Waals surface area contributed by atoms with Gasteiger partial charge in [-0.25, -0.2) is 4.79 Å². The molecule has 11 nitrogen and oxygen atoms in total. The average molecular weight is 484 g/mol. The van der Waals surface area contributed by atoms with Gasteiger partial charge in [-0.15, -0.1) is 0 Å². The van der Waals surface area contributed by atoms with E-state index in [0.29, 0.717) is 16.7 Å². The molecule has 0 spiro atoms. The smallest absolute Gasteiger partial charge is 0.415 e. The van der Waals surface area contributed by atoms with Crippen LogP contribution in [0.3, 0.4) is 0 Å². The second kappa shape index (κ2) is 12.1. The first kappa shape index (κ1) is 26.0. The Kier molecular flexibility index (Phi) is 9.55. The molecule has 0 aliphatic carbocycles. The molecule has 0 aliphatic rings. The molecular formula is C21H29N3O8S. The number of rotatable bonds is 12. The quantitative estimate of drug-likeness (QED) is 0.452. The van der Waals surface area contributed by atoms with Gasteiger partial charge in [0, 0.05) is 18.7 Å². The molecule has 0 saturated heterocycles. The number of hydrogen-bond acceptors (Lipinski definition) is 9. The predicted octanol–water partition coefficient (Wildman–Crippen LogP) is 3.43. The number of methoxy groups -OCH3 is 2. The van der Waals surface area contributed by atoms with Crippen LogP contribution in [0, 0.1) is 0 Å². The van der Waals surface area contributed by atoms with E-state index < -0.39 is 22.6 Å². The summed E-state index contributed by atoms with van der Waals surface area (Å²) in [5.74, 6) is 0.679. The Morgan fingerprint density at radius 2 is 1.76 bits per heavy atom. The highest BCUT2D eigenvalue weighted by molar-refractivity contribution is 7.85. The Morgan fingerprint density at radius 1 is 1.06 bits per heavy atom. The molecule has 1 N–H and O–H groups in total. The van der Waals surface area contributed by atoms with Crippen LogP contribution in [-0.4, -0.2) is 57.4 Å². The van der Waals surface area contributed by atoms with Crippen LogP contribution in [-0.2, 0) is 15.0 Å². The highest BCUT2D eigenvalue weighted by Gasteiger charge is 2.37. The van der Waals surface area contributed by atoms with Crippen LogP contribution >= 0.6 is 0 Å². The highest BCUT2D eigenvalue weighted by Crippen LogP contribution is 2.30. The van der Waals surface area contributed by atoms with Crippen molar-refractivity contribution in [2.45, 2.75) is 33.4 Å². The second-order valence-corrected chi connectivity index (χ2v) is 7.82. The molecule has 1 unspecified atom stereocenters. The molecule has 1 aromatic carbocycles. The molecular weight excluding hydrogens is 454 g/mol. The van der Waals surface area contributed by atoms with E-state index in [-0.39, 0.29) is 36.2 Å². The van der Waals surface area contributed by atoms with Crippen LogP contribution in [0.4, 0.5) is 10.6 Å². The fourth-order valence-electron chi connectivity index (χ4n) is 2.80. The van der Waals surface area contributed by atoms with Gasteiger partial charge in [-0.05, 0) is 32.4 Å². The molecule has 0 fully saturated rings. The lowest BCUT2D eigenvalue weighted by Crippen LogP contribution is -2.49. The molecule has 1 atom stereocenters. The van der Waals surface area contributed by atoms with Gasteiger partial charge in [0.2, 0.25) is 5.88 Å². The van der Waals surface area contributed by atoms with Gasteiger partial charge < -0.3 is 23.1 Å². The lowest BCUT2D eigenvalue weighted by molar-refractivity contribution is 0.0000674. The number of pyridine rings is 1. The number of ether oxygens (including phenoxy) is 4. The maximum absolute atomic E-state index is 13.2. The van der Waals surface area contributed by atoms with Gasteiger partial charge in [-0.1, -0.05) is 19.1 Å². The van der Waals surface area contributed by atoms with Crippen molar-refractivity contribution in [3.63, 3.8) is 0 Å². The fourth-order valence-corrected chi connectivity index (χ4v) is 3.99. The number of aromatic nitrogens is 1. The minimum absolute atomic E-state index is 0.0115. The standard InChI is InChI=1S/C21H29N3O8S/c1-6-20(31-8-3)24(21(25)23-18-13-15(28-4)14-19(22-18)29-5)33(26,27)32-17-12-10-9-11-16(17)30-7-2/h9-14,20H,6-8H2,1-5H3,(H,22,23,25). The van der Waals surface area contributed by atoms with Crippen LogP contribution in [0.25, 0.3) is 0 Å². The SMILES string of the molecule is CCOc1ccccc1OS(=O)(=O)N(C(=O)Nc1cc(OC)cc(OC)n1)C(CC)OCC. The first-order valence-electron chi connectivity index (χ1n) is 10.3. The van der Waals surface area contributed by atoms with Crippen LogP contribution in [0.2, 0.25) is 0 Å². The van der Waals surface area contributed by atoms with Crippen molar-refractivity contribution < 1.29 is 36.3 Å². The van der Waals surface area contributed by atoms with Crippen molar-refractivity contribution in [2.75, 3.05) is 32.8 Å². The summed E-state index contributed by atoms with van der Waals surface area (Å²) in [6.07, 6.45) is -0.960. The summed E-state index contributed by atoms with van der Waals surface area (Å²) in [6, 6.07) is 8.13. The van der Waals surface area contributed by atoms with Gasteiger partial charge in [0.15, 0.2) is 17.7 Å². The maximum Gasteiger partial charge on any atom is 0.415 e. The summed E-state index contributed by atoms with van der Waals surface area (Å²) < 4.78 is 53.5. The topological polar surface area (TPSA) is 126 Å². The Bertz CT molecular complexity index is 1010. The molecule has 33 heavy (non-hydrogen) atoms. The molecule has 2 rings (SSSR count). The van der Waals surface area contributed by atoms with E-state index in [9.17, 15) is 13.2 Å². The monoisotopic (exact) mass is 483 g/mol. The van der Waals surface area contributed by atoms with Crippen LogP contribution in [0.1, 0.15) is 27.2 Å². The Labute approximate surface area is 193 Å². The molecule has 1 heterocycles. The van der Waals surface area contributed by atoms with Gasteiger partial charge in [0.1, 0.15) is 11.6 Å². The zero-order chi connectivity index (χ0) is 24.4. The molecule has 0 aliphatic heterocycles. The Morgan fingerprint density at radius 3 is 2.33 bits per heavy atom. The van der Waals surface area contributed by atoms with E-state index in [4.69, 9.17) is 23.1 Å². The molecule has 182 valence electrons. The number of carbonyl (C=O) groups is 1. The summed E-state index contributed by atoms with van der Waals surface area (Å²) in [5, 5.41) is 2.44. The van der Waals surface area contributed by atoms with Crippen molar-refractivity contribution in [1.82, 2.24) is 9.29 Å². The van der Waals surface area contributed by atoms with Gasteiger partial charge in [0.25, 0.3) is 0 Å². The number of nitrogens with one attached hydrogen (secondary N) is 1. The average Bonchev–Trinajstić information content (AvgIpc) is 2.79. The zero-order valence-corrected chi connectivity index (χ0v) is 20.0. The summed E-state index contributed by atoms with van der Waals surface area (Å²) in [6.45, 7) is 5.58. The van der Waals surface area contributed by atoms with Gasteiger partial charge in [0.05, 0.1) is 20.8 Å². The number of para-hydroxylation sites is 2. The minimum Gasteiger partial charge on any atom is -0.496 e. The first-order chi connectivity index (χ1) is 15.8. The Balaban J connectivity index is 2.43. The van der Waals surface area contributed by atoms with Gasteiger partial charge in [-0.2, -0.15) is 17.7 Å². The van der Waals surface area contributed by atoms with Crippen molar-refractivity contribution in [1.29, 1.82) is 0 Å². The van der Waals surface area contributed by atoms with Crippen molar-refractivity contribution >= 4 is 22.2 Å². The maximum atomic E-state index is 13.2. The number of benzene rings is 1. The highest BCUT2D eigenvalue weighted by atomic mass is 32.2. The second-order valence-electron chi connectivity index (χ2n) is 6.40. The van der Waals surface area contributed by atoms with E-state index >= 15 is 0 Å². The molecule has 2 amide bonds. The van der Waals surface area contributed by atoms with Crippen LogP contribution in [0.5, 0.6) is 23.1 Å². The number of amides is 2.